The van der Waals surface area contributed by atoms with E-state index in [1.807, 2.05) is 24.3 Å². The number of pyridine rings is 1. The van der Waals surface area contributed by atoms with E-state index in [4.69, 9.17) is 0 Å². The topological polar surface area (TPSA) is 42.0 Å². The SMILES string of the molecule is CNC(=O)c1c2c(nc3ccccc13)CCC2. The summed E-state index contributed by atoms with van der Waals surface area (Å²) in [7, 11) is 1.68. The van der Waals surface area contributed by atoms with Crippen LogP contribution in [0.3, 0.4) is 0 Å². The number of aromatic nitrogens is 1. The quantitative estimate of drug-likeness (QED) is 0.809. The number of hydrogen-bond acceptors (Lipinski definition) is 2. The number of carbonyl (C=O) groups excluding carboxylic acids is 1. The molecule has 0 fully saturated rings. The number of aryl methyl sites for hydroxylation is 1. The van der Waals surface area contributed by atoms with Gasteiger partial charge in [0.25, 0.3) is 5.91 Å². The first-order valence-corrected chi connectivity index (χ1v) is 5.94. The van der Waals surface area contributed by atoms with Crippen LogP contribution in [0.1, 0.15) is 28.0 Å². The molecule has 1 aliphatic rings. The van der Waals surface area contributed by atoms with Gasteiger partial charge in [0.2, 0.25) is 0 Å². The zero-order chi connectivity index (χ0) is 11.8. The van der Waals surface area contributed by atoms with E-state index in [2.05, 4.69) is 10.3 Å². The van der Waals surface area contributed by atoms with Gasteiger partial charge < -0.3 is 5.32 Å². The van der Waals surface area contributed by atoms with Gasteiger partial charge in [-0.3, -0.25) is 9.78 Å². The molecule has 0 saturated carbocycles. The van der Waals surface area contributed by atoms with Gasteiger partial charge in [0.1, 0.15) is 0 Å². The standard InChI is InChI=1S/C14H14N2O/c1-15-14(17)13-9-5-2-3-7-11(9)16-12-8-4-6-10(12)13/h2-3,5,7H,4,6,8H2,1H3,(H,15,17). The molecule has 17 heavy (non-hydrogen) atoms. The lowest BCUT2D eigenvalue weighted by Crippen LogP contribution is -2.20. The number of benzene rings is 1. The molecule has 0 saturated heterocycles. The van der Waals surface area contributed by atoms with Crippen molar-refractivity contribution in [3.05, 3.63) is 41.1 Å². The lowest BCUT2D eigenvalue weighted by atomic mass is 10.0. The number of hydrogen-bond donors (Lipinski definition) is 1. The maximum Gasteiger partial charge on any atom is 0.252 e. The van der Waals surface area contributed by atoms with E-state index in [0.717, 1.165) is 47.0 Å². The number of rotatable bonds is 1. The Bertz CT molecular complexity index is 604. The molecule has 0 spiro atoms. The largest absolute Gasteiger partial charge is 0.355 e. The van der Waals surface area contributed by atoms with Gasteiger partial charge in [-0.2, -0.15) is 0 Å². The predicted octanol–water partition coefficient (Wildman–Crippen LogP) is 2.08. The van der Waals surface area contributed by atoms with Crippen LogP contribution >= 0.6 is 0 Å². The Morgan fingerprint density at radius 1 is 1.29 bits per heavy atom. The summed E-state index contributed by atoms with van der Waals surface area (Å²) >= 11 is 0. The highest BCUT2D eigenvalue weighted by atomic mass is 16.1. The summed E-state index contributed by atoms with van der Waals surface area (Å²) < 4.78 is 0. The van der Waals surface area contributed by atoms with Crippen molar-refractivity contribution in [2.45, 2.75) is 19.3 Å². The van der Waals surface area contributed by atoms with E-state index in [0.29, 0.717) is 0 Å². The van der Waals surface area contributed by atoms with Gasteiger partial charge in [0, 0.05) is 18.1 Å². The molecule has 86 valence electrons. The molecular weight excluding hydrogens is 212 g/mol. The number of nitrogens with one attached hydrogen (secondary N) is 1. The molecule has 1 aromatic heterocycles. The first kappa shape index (κ1) is 10.3. The van der Waals surface area contributed by atoms with E-state index < -0.39 is 0 Å². The van der Waals surface area contributed by atoms with Crippen LogP contribution in [0.15, 0.2) is 24.3 Å². The smallest absolute Gasteiger partial charge is 0.252 e. The lowest BCUT2D eigenvalue weighted by Gasteiger charge is -2.10. The number of fused-ring (bicyclic) bond motifs is 2. The molecule has 1 heterocycles. The molecule has 1 aliphatic carbocycles. The highest BCUT2D eigenvalue weighted by Gasteiger charge is 2.22. The number of nitrogens with zero attached hydrogens (tertiary/aromatic N) is 1. The van der Waals surface area contributed by atoms with Crippen LogP contribution in [0.5, 0.6) is 0 Å². The van der Waals surface area contributed by atoms with Crippen molar-refractivity contribution in [3.8, 4) is 0 Å². The molecule has 0 radical (unpaired) electrons. The average Bonchev–Trinajstić information content (AvgIpc) is 2.82. The van der Waals surface area contributed by atoms with Crippen molar-refractivity contribution >= 4 is 16.8 Å². The molecule has 0 aliphatic heterocycles. The summed E-state index contributed by atoms with van der Waals surface area (Å²) in [5, 5.41) is 3.70. The third-order valence-corrected chi connectivity index (χ3v) is 3.37. The fourth-order valence-electron chi connectivity index (χ4n) is 2.60. The predicted molar refractivity (Wildman–Crippen MR) is 67.2 cm³/mol. The molecule has 3 nitrogen and oxygen atoms in total. The third-order valence-electron chi connectivity index (χ3n) is 3.37. The van der Waals surface area contributed by atoms with Crippen molar-refractivity contribution in [1.29, 1.82) is 0 Å². The summed E-state index contributed by atoms with van der Waals surface area (Å²) in [6.45, 7) is 0. The maximum atomic E-state index is 12.0. The molecule has 3 heteroatoms. The Kier molecular flexibility index (Phi) is 2.32. The van der Waals surface area contributed by atoms with Crippen molar-refractivity contribution < 1.29 is 4.79 Å². The van der Waals surface area contributed by atoms with Crippen LogP contribution in [-0.4, -0.2) is 17.9 Å². The van der Waals surface area contributed by atoms with Crippen LogP contribution < -0.4 is 5.32 Å². The van der Waals surface area contributed by atoms with Gasteiger partial charge in [0.05, 0.1) is 11.1 Å². The second kappa shape index (κ2) is 3.84. The first-order valence-electron chi connectivity index (χ1n) is 5.94. The molecule has 0 bridgehead atoms. The number of carbonyl (C=O) groups is 1. The summed E-state index contributed by atoms with van der Waals surface area (Å²) in [5.74, 6) is 0.00162. The van der Waals surface area contributed by atoms with Gasteiger partial charge in [0.15, 0.2) is 0 Å². The highest BCUT2D eigenvalue weighted by molar-refractivity contribution is 6.07. The van der Waals surface area contributed by atoms with Crippen LogP contribution in [0.25, 0.3) is 10.9 Å². The first-order chi connectivity index (χ1) is 8.31. The van der Waals surface area contributed by atoms with E-state index in [-0.39, 0.29) is 5.91 Å². The van der Waals surface area contributed by atoms with Crippen LogP contribution in [0.2, 0.25) is 0 Å². The van der Waals surface area contributed by atoms with Crippen molar-refractivity contribution in [3.63, 3.8) is 0 Å². The molecule has 1 aromatic carbocycles. The summed E-state index contributed by atoms with van der Waals surface area (Å²) in [4.78, 5) is 16.7. The van der Waals surface area contributed by atoms with Gasteiger partial charge in [-0.05, 0) is 30.9 Å². The van der Waals surface area contributed by atoms with E-state index >= 15 is 0 Å². The van der Waals surface area contributed by atoms with Crippen LogP contribution in [-0.2, 0) is 12.8 Å². The van der Waals surface area contributed by atoms with Crippen molar-refractivity contribution in [2.24, 2.45) is 0 Å². The van der Waals surface area contributed by atoms with E-state index in [1.54, 1.807) is 7.05 Å². The zero-order valence-corrected chi connectivity index (χ0v) is 9.79. The minimum atomic E-state index is 0.00162. The monoisotopic (exact) mass is 226 g/mol. The Hall–Kier alpha value is -1.90. The fraction of sp³-hybridized carbons (Fsp3) is 0.286. The number of amides is 1. The molecule has 1 N–H and O–H groups in total. The van der Waals surface area contributed by atoms with Gasteiger partial charge in [-0.15, -0.1) is 0 Å². The van der Waals surface area contributed by atoms with Crippen LogP contribution in [0.4, 0.5) is 0 Å². The fourth-order valence-corrected chi connectivity index (χ4v) is 2.60. The Balaban J connectivity index is 2.39. The second-order valence-electron chi connectivity index (χ2n) is 4.36. The average molecular weight is 226 g/mol. The summed E-state index contributed by atoms with van der Waals surface area (Å²) in [6, 6.07) is 7.87. The highest BCUT2D eigenvalue weighted by Crippen LogP contribution is 2.29. The maximum absolute atomic E-state index is 12.0. The summed E-state index contributed by atoms with van der Waals surface area (Å²) in [6.07, 6.45) is 3.06. The van der Waals surface area contributed by atoms with Gasteiger partial charge >= 0.3 is 0 Å². The Morgan fingerprint density at radius 2 is 2.12 bits per heavy atom. The molecule has 3 rings (SSSR count). The van der Waals surface area contributed by atoms with Gasteiger partial charge in [-0.25, -0.2) is 0 Å². The van der Waals surface area contributed by atoms with Gasteiger partial charge in [-0.1, -0.05) is 18.2 Å². The van der Waals surface area contributed by atoms with Crippen molar-refractivity contribution in [2.75, 3.05) is 7.05 Å². The number of para-hydroxylation sites is 1. The minimum absolute atomic E-state index is 0.00162. The zero-order valence-electron chi connectivity index (χ0n) is 9.79. The summed E-state index contributed by atoms with van der Waals surface area (Å²) in [5.41, 5.74) is 3.99. The van der Waals surface area contributed by atoms with E-state index in [9.17, 15) is 4.79 Å². The minimum Gasteiger partial charge on any atom is -0.355 e. The lowest BCUT2D eigenvalue weighted by molar-refractivity contribution is 0.0964. The molecule has 0 unspecified atom stereocenters. The van der Waals surface area contributed by atoms with Crippen molar-refractivity contribution in [1.82, 2.24) is 10.3 Å². The van der Waals surface area contributed by atoms with E-state index in [1.165, 1.54) is 0 Å². The third kappa shape index (κ3) is 1.50. The molecular formula is C14H14N2O. The molecule has 2 aromatic rings. The second-order valence-corrected chi connectivity index (χ2v) is 4.36. The molecule has 1 amide bonds. The van der Waals surface area contributed by atoms with Crippen LogP contribution in [0, 0.1) is 0 Å². The normalized spacial score (nSPS) is 13.7. The Labute approximate surface area is 99.9 Å². The Morgan fingerprint density at radius 3 is 2.94 bits per heavy atom. The molecule has 0 atom stereocenters.